The molecule has 0 saturated carbocycles. The molecule has 20 heavy (non-hydrogen) atoms. The fourth-order valence-corrected chi connectivity index (χ4v) is 2.44. The molecule has 0 heterocycles. The normalized spacial score (nSPS) is 10.2. The van der Waals surface area contributed by atoms with Crippen molar-refractivity contribution in [2.75, 3.05) is 19.5 Å². The molecular formula is C15H20O4S. The van der Waals surface area contributed by atoms with Crippen LogP contribution in [0.15, 0.2) is 23.1 Å². The Hall–Kier alpha value is -1.49. The third-order valence-corrected chi connectivity index (χ3v) is 3.52. The molecule has 0 amide bonds. The van der Waals surface area contributed by atoms with Gasteiger partial charge in [0.15, 0.2) is 0 Å². The van der Waals surface area contributed by atoms with Gasteiger partial charge >= 0.3 is 11.9 Å². The van der Waals surface area contributed by atoms with Gasteiger partial charge in [0.05, 0.1) is 18.8 Å². The molecule has 5 heteroatoms. The first kappa shape index (κ1) is 16.6. The first-order chi connectivity index (χ1) is 9.62. The SMILES string of the molecule is CCOC(=O)CCc1ccc(C(=O)OCC)cc1SC. The van der Waals surface area contributed by atoms with Crippen LogP contribution >= 0.6 is 11.8 Å². The number of hydrogen-bond acceptors (Lipinski definition) is 5. The minimum atomic E-state index is -0.320. The third kappa shape index (κ3) is 4.89. The average Bonchev–Trinajstić information content (AvgIpc) is 2.45. The first-order valence-corrected chi connectivity index (χ1v) is 7.84. The molecule has 0 saturated heterocycles. The molecule has 1 aromatic carbocycles. The summed E-state index contributed by atoms with van der Waals surface area (Å²) in [4.78, 5) is 24.0. The van der Waals surface area contributed by atoms with E-state index in [4.69, 9.17) is 9.47 Å². The van der Waals surface area contributed by atoms with Gasteiger partial charge in [-0.15, -0.1) is 11.8 Å². The lowest BCUT2D eigenvalue weighted by Gasteiger charge is -2.09. The number of aryl methyl sites for hydroxylation is 1. The molecule has 0 atom stereocenters. The Kier molecular flexibility index (Phi) is 7.15. The van der Waals surface area contributed by atoms with Gasteiger partial charge in [-0.2, -0.15) is 0 Å². The number of carbonyl (C=O) groups excluding carboxylic acids is 2. The van der Waals surface area contributed by atoms with E-state index in [0.717, 1.165) is 10.5 Å². The Morgan fingerprint density at radius 1 is 1.15 bits per heavy atom. The molecule has 0 aliphatic heterocycles. The second kappa shape index (κ2) is 8.64. The lowest BCUT2D eigenvalue weighted by atomic mass is 10.1. The Morgan fingerprint density at radius 3 is 2.45 bits per heavy atom. The van der Waals surface area contributed by atoms with E-state index in [9.17, 15) is 9.59 Å². The average molecular weight is 296 g/mol. The van der Waals surface area contributed by atoms with Gasteiger partial charge in [-0.1, -0.05) is 6.07 Å². The maximum absolute atomic E-state index is 11.7. The third-order valence-electron chi connectivity index (χ3n) is 2.70. The molecule has 0 aliphatic rings. The van der Waals surface area contributed by atoms with E-state index in [1.54, 1.807) is 31.7 Å². The predicted molar refractivity (Wildman–Crippen MR) is 79.1 cm³/mol. The number of hydrogen-bond donors (Lipinski definition) is 0. The van der Waals surface area contributed by atoms with Crippen LogP contribution in [-0.2, 0) is 20.7 Å². The number of benzene rings is 1. The summed E-state index contributed by atoms with van der Waals surface area (Å²) in [5, 5.41) is 0. The molecule has 1 rings (SSSR count). The van der Waals surface area contributed by atoms with Crippen LogP contribution in [0, 0.1) is 0 Å². The maximum atomic E-state index is 11.7. The van der Waals surface area contributed by atoms with E-state index in [1.165, 1.54) is 0 Å². The van der Waals surface area contributed by atoms with Crippen molar-refractivity contribution < 1.29 is 19.1 Å². The predicted octanol–water partition coefficient (Wildman–Crippen LogP) is 3.08. The molecule has 4 nitrogen and oxygen atoms in total. The molecular weight excluding hydrogens is 276 g/mol. The smallest absolute Gasteiger partial charge is 0.338 e. The molecule has 0 bridgehead atoms. The van der Waals surface area contributed by atoms with Crippen molar-refractivity contribution in [1.29, 1.82) is 0 Å². The minimum absolute atomic E-state index is 0.200. The van der Waals surface area contributed by atoms with Crippen molar-refractivity contribution in [1.82, 2.24) is 0 Å². The summed E-state index contributed by atoms with van der Waals surface area (Å²) >= 11 is 1.55. The van der Waals surface area contributed by atoms with Crippen molar-refractivity contribution >= 4 is 23.7 Å². The molecule has 0 radical (unpaired) electrons. The fraction of sp³-hybridized carbons (Fsp3) is 0.467. The van der Waals surface area contributed by atoms with Crippen LogP contribution < -0.4 is 0 Å². The van der Waals surface area contributed by atoms with Crippen molar-refractivity contribution in [3.05, 3.63) is 29.3 Å². The van der Waals surface area contributed by atoms with Gasteiger partial charge in [-0.05, 0) is 44.2 Å². The summed E-state index contributed by atoms with van der Waals surface area (Å²) < 4.78 is 9.89. The lowest BCUT2D eigenvalue weighted by Crippen LogP contribution is -2.07. The van der Waals surface area contributed by atoms with E-state index in [-0.39, 0.29) is 11.9 Å². The number of thioether (sulfide) groups is 1. The molecule has 0 spiro atoms. The van der Waals surface area contributed by atoms with Crippen LogP contribution in [-0.4, -0.2) is 31.4 Å². The van der Waals surface area contributed by atoms with Crippen molar-refractivity contribution in [3.63, 3.8) is 0 Å². The number of esters is 2. The summed E-state index contributed by atoms with van der Waals surface area (Å²) in [5.74, 6) is -0.520. The molecule has 0 fully saturated rings. The van der Waals surface area contributed by atoms with E-state index in [1.807, 2.05) is 18.4 Å². The zero-order valence-corrected chi connectivity index (χ0v) is 12.9. The summed E-state index contributed by atoms with van der Waals surface area (Å²) in [6.45, 7) is 4.33. The van der Waals surface area contributed by atoms with Crippen LogP contribution in [0.25, 0.3) is 0 Å². The Balaban J connectivity index is 2.77. The van der Waals surface area contributed by atoms with Crippen molar-refractivity contribution in [3.8, 4) is 0 Å². The largest absolute Gasteiger partial charge is 0.466 e. The number of carbonyl (C=O) groups is 2. The first-order valence-electron chi connectivity index (χ1n) is 6.62. The number of ether oxygens (including phenoxy) is 2. The molecule has 1 aromatic rings. The Morgan fingerprint density at radius 2 is 1.85 bits per heavy atom. The molecule has 0 unspecified atom stereocenters. The van der Waals surface area contributed by atoms with Crippen molar-refractivity contribution in [2.24, 2.45) is 0 Å². The standard InChI is InChI=1S/C15H20O4S/c1-4-18-14(16)9-8-11-6-7-12(10-13(11)20-3)15(17)19-5-2/h6-7,10H,4-5,8-9H2,1-3H3. The van der Waals surface area contributed by atoms with Gasteiger partial charge < -0.3 is 9.47 Å². The Bertz CT molecular complexity index is 471. The molecule has 0 N–H and O–H groups in total. The zero-order chi connectivity index (χ0) is 15.0. The van der Waals surface area contributed by atoms with Crippen LogP contribution in [0.3, 0.4) is 0 Å². The highest BCUT2D eigenvalue weighted by Gasteiger charge is 2.11. The summed E-state index contributed by atoms with van der Waals surface area (Å²) in [5.41, 5.74) is 1.58. The monoisotopic (exact) mass is 296 g/mol. The van der Waals surface area contributed by atoms with E-state index >= 15 is 0 Å². The van der Waals surface area contributed by atoms with Gasteiger partial charge in [-0.25, -0.2) is 4.79 Å². The zero-order valence-electron chi connectivity index (χ0n) is 12.1. The summed E-state index contributed by atoms with van der Waals surface area (Å²) in [6, 6.07) is 5.42. The molecule has 0 aromatic heterocycles. The lowest BCUT2D eigenvalue weighted by molar-refractivity contribution is -0.143. The topological polar surface area (TPSA) is 52.6 Å². The van der Waals surface area contributed by atoms with Gasteiger partial charge in [0, 0.05) is 11.3 Å². The highest BCUT2D eigenvalue weighted by atomic mass is 32.2. The summed E-state index contributed by atoms with van der Waals surface area (Å²) in [7, 11) is 0. The van der Waals surface area contributed by atoms with Gasteiger partial charge in [0.2, 0.25) is 0 Å². The van der Waals surface area contributed by atoms with Crippen LogP contribution in [0.5, 0.6) is 0 Å². The van der Waals surface area contributed by atoms with Gasteiger partial charge in [0.1, 0.15) is 0 Å². The molecule has 0 aliphatic carbocycles. The van der Waals surface area contributed by atoms with Gasteiger partial charge in [0.25, 0.3) is 0 Å². The number of rotatable bonds is 7. The highest BCUT2D eigenvalue weighted by molar-refractivity contribution is 7.98. The van der Waals surface area contributed by atoms with Crippen LogP contribution in [0.1, 0.15) is 36.2 Å². The second-order valence-electron chi connectivity index (χ2n) is 4.05. The highest BCUT2D eigenvalue weighted by Crippen LogP contribution is 2.23. The Labute approximate surface area is 123 Å². The van der Waals surface area contributed by atoms with Gasteiger partial charge in [-0.3, -0.25) is 4.79 Å². The maximum Gasteiger partial charge on any atom is 0.338 e. The van der Waals surface area contributed by atoms with E-state index in [2.05, 4.69) is 0 Å². The quantitative estimate of drug-likeness (QED) is 0.571. The minimum Gasteiger partial charge on any atom is -0.466 e. The summed E-state index contributed by atoms with van der Waals surface area (Å²) in [6.07, 6.45) is 2.90. The van der Waals surface area contributed by atoms with Crippen LogP contribution in [0.4, 0.5) is 0 Å². The van der Waals surface area contributed by atoms with Crippen molar-refractivity contribution in [2.45, 2.75) is 31.6 Å². The molecule has 110 valence electrons. The van der Waals surface area contributed by atoms with E-state index < -0.39 is 0 Å². The van der Waals surface area contributed by atoms with Crippen LogP contribution in [0.2, 0.25) is 0 Å². The van der Waals surface area contributed by atoms with E-state index in [0.29, 0.717) is 31.6 Å². The fourth-order valence-electron chi connectivity index (χ4n) is 1.76. The second-order valence-corrected chi connectivity index (χ2v) is 4.90.